The molecule has 9 nitrogen and oxygen atoms in total. The molecule has 4 rings (SSSR count). The molecule has 1 N–H and O–H groups in total. The smallest absolute Gasteiger partial charge is 0.256 e. The summed E-state index contributed by atoms with van der Waals surface area (Å²) in [6, 6.07) is 18.4. The Bertz CT molecular complexity index is 1350. The van der Waals surface area contributed by atoms with Gasteiger partial charge in [-0.2, -0.15) is 10.4 Å². The number of aliphatic imine (C=N–C) groups is 1. The Labute approximate surface area is 209 Å². The van der Waals surface area contributed by atoms with Crippen LogP contribution in [0, 0.1) is 18.3 Å². The molecule has 0 atom stereocenters. The maximum absolute atomic E-state index is 13.2. The molecule has 2 aromatic carbocycles. The number of carbonyl (C=O) groups excluding carboxylic acids is 1. The molecule has 0 saturated carbocycles. The molecule has 182 valence electrons. The average Bonchev–Trinajstić information content (AvgIpc) is 3.02. The van der Waals surface area contributed by atoms with E-state index in [1.54, 1.807) is 29.3 Å². The van der Waals surface area contributed by atoms with Crippen molar-refractivity contribution >= 4 is 18.0 Å². The molecular weight excluding hydrogens is 456 g/mol. The minimum atomic E-state index is -0.104. The van der Waals surface area contributed by atoms with E-state index >= 15 is 0 Å². The number of nitrogens with zero attached hydrogens (tertiary/aromatic N) is 5. The summed E-state index contributed by atoms with van der Waals surface area (Å²) in [6.45, 7) is 4.01. The summed E-state index contributed by atoms with van der Waals surface area (Å²) in [5.74, 6) is -0.104. The number of morpholine rings is 1. The number of aromatic nitrogens is 3. The minimum absolute atomic E-state index is 0.104. The van der Waals surface area contributed by atoms with Crippen LogP contribution in [0.15, 0.2) is 65.8 Å². The lowest BCUT2D eigenvalue weighted by atomic mass is 10.1. The van der Waals surface area contributed by atoms with Gasteiger partial charge in [0.05, 0.1) is 60.8 Å². The highest BCUT2D eigenvalue weighted by atomic mass is 16.5. The average molecular weight is 483 g/mol. The summed E-state index contributed by atoms with van der Waals surface area (Å²) < 4.78 is 10.4. The Hall–Kier alpha value is -4.55. The molecule has 0 bridgehead atoms. The zero-order chi connectivity index (χ0) is 25.3. The highest BCUT2D eigenvalue weighted by molar-refractivity contribution is 6.00. The minimum Gasteiger partial charge on any atom is -0.486 e. The van der Waals surface area contributed by atoms with Crippen molar-refractivity contribution in [1.82, 2.24) is 20.1 Å². The van der Waals surface area contributed by atoms with Gasteiger partial charge in [-0.15, -0.1) is 0 Å². The molecule has 1 aliphatic heterocycles. The standard InChI is InChI=1S/C27H26N6O3/c1-19-3-10-24(31-32-26(17-29-19)21-6-4-20(16-28)5-7-21)22-8-9-23(25(15-22)30-18-35-2)27(34)33-11-13-36-14-12-33/h3-10,15,17-18,32H,11-14H2,1-2H3. The van der Waals surface area contributed by atoms with Gasteiger partial charge in [0.15, 0.2) is 6.40 Å². The first-order chi connectivity index (χ1) is 17.6. The van der Waals surface area contributed by atoms with Gasteiger partial charge in [0.1, 0.15) is 0 Å². The van der Waals surface area contributed by atoms with Crippen molar-refractivity contribution in [2.24, 2.45) is 4.99 Å². The molecule has 1 saturated heterocycles. The molecule has 36 heavy (non-hydrogen) atoms. The fraction of sp³-hybridized carbons (Fsp3) is 0.222. The largest absolute Gasteiger partial charge is 0.486 e. The maximum atomic E-state index is 13.2. The Kier molecular flexibility index (Phi) is 8.01. The molecule has 0 radical (unpaired) electrons. The second-order valence-electron chi connectivity index (χ2n) is 8.05. The zero-order valence-electron chi connectivity index (χ0n) is 20.1. The molecule has 1 amide bonds. The lowest BCUT2D eigenvalue weighted by Crippen LogP contribution is -2.40. The van der Waals surface area contributed by atoms with Crippen LogP contribution in [-0.2, 0) is 9.47 Å². The molecule has 3 aromatic rings. The van der Waals surface area contributed by atoms with E-state index in [1.807, 2.05) is 43.3 Å². The van der Waals surface area contributed by atoms with Crippen molar-refractivity contribution in [1.29, 1.82) is 5.26 Å². The van der Waals surface area contributed by atoms with E-state index in [2.05, 4.69) is 26.2 Å². The fourth-order valence-electron chi connectivity index (χ4n) is 3.64. The van der Waals surface area contributed by atoms with Gasteiger partial charge in [0, 0.05) is 29.9 Å². The second-order valence-corrected chi connectivity index (χ2v) is 8.05. The third-order valence-corrected chi connectivity index (χ3v) is 5.62. The number of H-pyrrole nitrogens is 1. The monoisotopic (exact) mass is 482 g/mol. The van der Waals surface area contributed by atoms with Crippen molar-refractivity contribution < 1.29 is 14.3 Å². The number of methoxy groups -OCH3 is 1. The van der Waals surface area contributed by atoms with Crippen molar-refractivity contribution in [3.8, 4) is 28.6 Å². The van der Waals surface area contributed by atoms with E-state index in [-0.39, 0.29) is 5.91 Å². The number of hydrogen-bond donors (Lipinski definition) is 1. The number of ether oxygens (including phenoxy) is 2. The van der Waals surface area contributed by atoms with Crippen LogP contribution in [0.5, 0.6) is 0 Å². The third-order valence-electron chi connectivity index (χ3n) is 5.62. The van der Waals surface area contributed by atoms with E-state index in [9.17, 15) is 4.79 Å². The highest BCUT2D eigenvalue weighted by Gasteiger charge is 2.21. The number of rotatable bonds is 5. The summed E-state index contributed by atoms with van der Waals surface area (Å²) in [4.78, 5) is 23.8. The number of benzene rings is 2. The van der Waals surface area contributed by atoms with Crippen LogP contribution in [0.25, 0.3) is 22.5 Å². The molecule has 0 unspecified atom stereocenters. The van der Waals surface area contributed by atoms with Crippen LogP contribution in [0.3, 0.4) is 0 Å². The van der Waals surface area contributed by atoms with E-state index in [0.717, 1.165) is 16.8 Å². The Morgan fingerprint density at radius 3 is 2.61 bits per heavy atom. The van der Waals surface area contributed by atoms with Crippen molar-refractivity contribution in [2.75, 3.05) is 33.4 Å². The van der Waals surface area contributed by atoms with Gasteiger partial charge in [-0.3, -0.25) is 14.9 Å². The number of carbonyl (C=O) groups is 1. The van der Waals surface area contributed by atoms with Crippen molar-refractivity contribution in [3.05, 3.63) is 77.6 Å². The Morgan fingerprint density at radius 2 is 1.89 bits per heavy atom. The van der Waals surface area contributed by atoms with Crippen LogP contribution >= 0.6 is 0 Å². The first-order valence-corrected chi connectivity index (χ1v) is 11.4. The van der Waals surface area contributed by atoms with Crippen LogP contribution in [0.1, 0.15) is 21.6 Å². The third kappa shape index (κ3) is 5.92. The lowest BCUT2D eigenvalue weighted by Gasteiger charge is -2.27. The number of amides is 1. The molecule has 9 heteroatoms. The first kappa shape index (κ1) is 24.6. The number of aryl methyl sites for hydroxylation is 1. The number of nitriles is 1. The molecular formula is C27H26N6O3. The van der Waals surface area contributed by atoms with Crippen LogP contribution < -0.4 is 0 Å². The maximum Gasteiger partial charge on any atom is 0.256 e. The van der Waals surface area contributed by atoms with Gasteiger partial charge in [0.2, 0.25) is 0 Å². The molecule has 2 heterocycles. The van der Waals surface area contributed by atoms with Crippen LogP contribution in [0.2, 0.25) is 0 Å². The zero-order valence-corrected chi connectivity index (χ0v) is 20.1. The lowest BCUT2D eigenvalue weighted by molar-refractivity contribution is 0.0303. The predicted octanol–water partition coefficient (Wildman–Crippen LogP) is 4.22. The van der Waals surface area contributed by atoms with Gasteiger partial charge in [-0.05, 0) is 43.3 Å². The Morgan fingerprint density at radius 1 is 1.14 bits per heavy atom. The van der Waals surface area contributed by atoms with E-state index in [0.29, 0.717) is 54.5 Å². The van der Waals surface area contributed by atoms with Gasteiger partial charge in [-0.1, -0.05) is 18.2 Å². The number of aromatic amines is 1. The van der Waals surface area contributed by atoms with Gasteiger partial charge < -0.3 is 14.4 Å². The molecule has 1 aliphatic rings. The fourth-order valence-corrected chi connectivity index (χ4v) is 3.64. The van der Waals surface area contributed by atoms with Crippen molar-refractivity contribution in [2.45, 2.75) is 6.92 Å². The van der Waals surface area contributed by atoms with Gasteiger partial charge in [-0.25, -0.2) is 4.99 Å². The van der Waals surface area contributed by atoms with Crippen molar-refractivity contribution in [3.63, 3.8) is 0 Å². The quantitative estimate of drug-likeness (QED) is 0.430. The summed E-state index contributed by atoms with van der Waals surface area (Å²) >= 11 is 0. The molecule has 0 aliphatic carbocycles. The van der Waals surface area contributed by atoms with E-state index in [4.69, 9.17) is 14.7 Å². The topological polar surface area (TPSA) is 116 Å². The van der Waals surface area contributed by atoms with Crippen LogP contribution in [0.4, 0.5) is 5.69 Å². The molecule has 1 fully saturated rings. The summed E-state index contributed by atoms with van der Waals surface area (Å²) in [7, 11) is 1.50. The molecule has 0 spiro atoms. The highest BCUT2D eigenvalue weighted by Crippen LogP contribution is 2.28. The number of nitrogens with one attached hydrogen (secondary N) is 1. The van der Waals surface area contributed by atoms with Gasteiger partial charge >= 0.3 is 0 Å². The van der Waals surface area contributed by atoms with Crippen LogP contribution in [-0.4, -0.2) is 65.8 Å². The summed E-state index contributed by atoms with van der Waals surface area (Å²) in [6.07, 6.45) is 3.00. The SMILES string of the molecule is COC=Nc1cc(-c2ccc(C)ncc(-c3ccc(C#N)cc3)[nH]n2)ccc1C(=O)N1CCOCC1. The Balaban J connectivity index is 1.77. The molecule has 1 aromatic heterocycles. The second kappa shape index (κ2) is 11.7. The summed E-state index contributed by atoms with van der Waals surface area (Å²) in [5.41, 5.74) is 5.22. The predicted molar refractivity (Wildman–Crippen MR) is 136 cm³/mol. The number of hydrogen-bond acceptors (Lipinski definition) is 7. The van der Waals surface area contributed by atoms with Gasteiger partial charge in [0.25, 0.3) is 5.91 Å². The normalized spacial score (nSPS) is 13.2. The summed E-state index contributed by atoms with van der Waals surface area (Å²) in [5, 5.41) is 16.8. The van der Waals surface area contributed by atoms with E-state index < -0.39 is 0 Å². The first-order valence-electron chi connectivity index (χ1n) is 11.4. The van der Waals surface area contributed by atoms with E-state index in [1.165, 1.54) is 13.5 Å².